The van der Waals surface area contributed by atoms with Gasteiger partial charge in [0.1, 0.15) is 5.76 Å². The zero-order chi connectivity index (χ0) is 13.2. The minimum Gasteiger partial charge on any atom is -0.402 e. The highest BCUT2D eigenvalue weighted by Gasteiger charge is 2.15. The number of hydrogen-bond donors (Lipinski definition) is 1. The minimum absolute atomic E-state index is 0.0223. The maximum atomic E-state index is 11.8. The van der Waals surface area contributed by atoms with Crippen molar-refractivity contribution in [3.63, 3.8) is 0 Å². The van der Waals surface area contributed by atoms with E-state index in [9.17, 15) is 4.79 Å². The third-order valence-corrected chi connectivity index (χ3v) is 3.10. The van der Waals surface area contributed by atoms with Gasteiger partial charge in [-0.05, 0) is 18.4 Å². The Hall–Kier alpha value is -2.48. The summed E-state index contributed by atoms with van der Waals surface area (Å²) < 4.78 is 10.1. The number of hydrogen-bond acceptors (Lipinski definition) is 7. The predicted molar refractivity (Wildman–Crippen MR) is 66.8 cm³/mol. The van der Waals surface area contributed by atoms with E-state index in [2.05, 4.69) is 20.7 Å². The van der Waals surface area contributed by atoms with Crippen molar-refractivity contribution >= 4 is 23.3 Å². The molecule has 96 valence electrons. The van der Waals surface area contributed by atoms with Crippen molar-refractivity contribution in [2.45, 2.75) is 6.92 Å². The maximum absolute atomic E-state index is 11.8. The van der Waals surface area contributed by atoms with E-state index in [0.717, 1.165) is 4.88 Å². The van der Waals surface area contributed by atoms with Crippen LogP contribution < -0.4 is 5.32 Å². The molecule has 3 rings (SSSR count). The molecular formula is C11H8N4O3S. The van der Waals surface area contributed by atoms with Gasteiger partial charge in [-0.15, -0.1) is 16.4 Å². The number of carbonyl (C=O) groups excluding carboxylic acids is 1. The first-order chi connectivity index (χ1) is 9.22. The van der Waals surface area contributed by atoms with Crippen molar-refractivity contribution < 1.29 is 13.7 Å². The number of thiophene rings is 1. The molecule has 3 aromatic heterocycles. The van der Waals surface area contributed by atoms with Gasteiger partial charge in [0.25, 0.3) is 11.8 Å². The molecule has 3 aromatic rings. The molecule has 0 spiro atoms. The lowest BCUT2D eigenvalue weighted by Crippen LogP contribution is -2.12. The lowest BCUT2D eigenvalue weighted by molar-refractivity contribution is 0.101. The highest BCUT2D eigenvalue weighted by atomic mass is 32.1. The van der Waals surface area contributed by atoms with Crippen LogP contribution in [0, 0.1) is 6.92 Å². The van der Waals surface area contributed by atoms with E-state index < -0.39 is 5.91 Å². The molecule has 0 aromatic carbocycles. The number of rotatable bonds is 3. The number of anilines is 1. The van der Waals surface area contributed by atoms with E-state index in [1.165, 1.54) is 17.4 Å². The normalized spacial score (nSPS) is 10.6. The molecular weight excluding hydrogens is 268 g/mol. The van der Waals surface area contributed by atoms with E-state index in [1.54, 1.807) is 6.92 Å². The number of carbonyl (C=O) groups is 1. The molecule has 1 amide bonds. The highest BCUT2D eigenvalue weighted by Crippen LogP contribution is 2.24. The van der Waals surface area contributed by atoms with Crippen LogP contribution in [0.1, 0.15) is 16.2 Å². The zero-order valence-electron chi connectivity index (χ0n) is 9.78. The summed E-state index contributed by atoms with van der Waals surface area (Å²) in [6.07, 6.45) is 0. The zero-order valence-corrected chi connectivity index (χ0v) is 10.6. The van der Waals surface area contributed by atoms with Gasteiger partial charge in [-0.3, -0.25) is 10.1 Å². The molecule has 0 saturated carbocycles. The third kappa shape index (κ3) is 2.38. The number of amides is 1. The van der Waals surface area contributed by atoms with Gasteiger partial charge in [0.2, 0.25) is 0 Å². The monoisotopic (exact) mass is 276 g/mol. The summed E-state index contributed by atoms with van der Waals surface area (Å²) in [6.45, 7) is 1.70. The van der Waals surface area contributed by atoms with Gasteiger partial charge in [-0.25, -0.2) is 0 Å². The number of nitrogens with zero attached hydrogens (tertiary/aromatic N) is 3. The average molecular weight is 276 g/mol. The van der Waals surface area contributed by atoms with Gasteiger partial charge in [0.05, 0.1) is 4.88 Å². The third-order valence-electron chi connectivity index (χ3n) is 2.24. The van der Waals surface area contributed by atoms with E-state index in [4.69, 9.17) is 8.94 Å². The Morgan fingerprint density at radius 1 is 1.42 bits per heavy atom. The summed E-state index contributed by atoms with van der Waals surface area (Å²) >= 11 is 1.47. The van der Waals surface area contributed by atoms with Crippen molar-refractivity contribution in [2.75, 3.05) is 5.32 Å². The molecule has 7 nitrogen and oxygen atoms in total. The molecule has 1 N–H and O–H groups in total. The van der Waals surface area contributed by atoms with Crippen LogP contribution in [0.25, 0.3) is 10.8 Å². The summed E-state index contributed by atoms with van der Waals surface area (Å²) in [5.41, 5.74) is 0.161. The van der Waals surface area contributed by atoms with E-state index >= 15 is 0 Å². The van der Waals surface area contributed by atoms with Gasteiger partial charge in [-0.2, -0.15) is 0 Å². The molecule has 0 aliphatic carbocycles. The van der Waals surface area contributed by atoms with Crippen molar-refractivity contribution in [2.24, 2.45) is 0 Å². The Kier molecular flexibility index (Phi) is 2.84. The Morgan fingerprint density at radius 3 is 3.00 bits per heavy atom. The molecule has 19 heavy (non-hydrogen) atoms. The van der Waals surface area contributed by atoms with Crippen molar-refractivity contribution in [3.05, 3.63) is 35.0 Å². The second-order valence-electron chi connectivity index (χ2n) is 3.67. The molecule has 0 aliphatic heterocycles. The van der Waals surface area contributed by atoms with Crippen LogP contribution in [0.2, 0.25) is 0 Å². The lowest BCUT2D eigenvalue weighted by atomic mass is 10.3. The molecule has 0 saturated heterocycles. The SMILES string of the molecule is Cc1cc(C(=O)Nc2nnc(-c3cccs3)o2)no1. The Morgan fingerprint density at radius 2 is 2.32 bits per heavy atom. The van der Waals surface area contributed by atoms with E-state index in [-0.39, 0.29) is 11.7 Å². The smallest absolute Gasteiger partial charge is 0.322 e. The fourth-order valence-corrected chi connectivity index (χ4v) is 2.05. The van der Waals surface area contributed by atoms with E-state index in [0.29, 0.717) is 11.7 Å². The fraction of sp³-hybridized carbons (Fsp3) is 0.0909. The van der Waals surface area contributed by atoms with Crippen molar-refractivity contribution in [3.8, 4) is 10.8 Å². The van der Waals surface area contributed by atoms with Crippen LogP contribution in [0.4, 0.5) is 6.01 Å². The van der Waals surface area contributed by atoms with Crippen LogP contribution in [0.3, 0.4) is 0 Å². The average Bonchev–Trinajstić information content (AvgIpc) is 3.07. The van der Waals surface area contributed by atoms with Crippen molar-refractivity contribution in [1.82, 2.24) is 15.4 Å². The number of aryl methyl sites for hydroxylation is 1. The van der Waals surface area contributed by atoms with Crippen LogP contribution >= 0.6 is 11.3 Å². The second-order valence-corrected chi connectivity index (χ2v) is 4.61. The molecule has 0 bridgehead atoms. The Bertz CT molecular complexity index is 701. The maximum Gasteiger partial charge on any atom is 0.322 e. The van der Waals surface area contributed by atoms with Crippen LogP contribution in [0.15, 0.2) is 32.5 Å². The van der Waals surface area contributed by atoms with Gasteiger partial charge >= 0.3 is 6.01 Å². The lowest BCUT2D eigenvalue weighted by Gasteiger charge is -1.94. The van der Waals surface area contributed by atoms with Gasteiger partial charge < -0.3 is 8.94 Å². The molecule has 0 fully saturated rings. The Balaban J connectivity index is 1.76. The fourth-order valence-electron chi connectivity index (χ4n) is 1.41. The molecule has 0 atom stereocenters. The van der Waals surface area contributed by atoms with Crippen LogP contribution in [-0.2, 0) is 0 Å². The number of aromatic nitrogens is 3. The van der Waals surface area contributed by atoms with Gasteiger partial charge in [-0.1, -0.05) is 16.3 Å². The number of nitrogens with one attached hydrogen (secondary N) is 1. The molecule has 0 radical (unpaired) electrons. The van der Waals surface area contributed by atoms with Crippen LogP contribution in [-0.4, -0.2) is 21.3 Å². The summed E-state index contributed by atoms with van der Waals surface area (Å²) in [6, 6.07) is 5.27. The topological polar surface area (TPSA) is 94.1 Å². The summed E-state index contributed by atoms with van der Waals surface area (Å²) in [7, 11) is 0. The predicted octanol–water partition coefficient (Wildman–Crippen LogP) is 2.35. The first-order valence-corrected chi connectivity index (χ1v) is 6.22. The second kappa shape index (κ2) is 4.65. The highest BCUT2D eigenvalue weighted by molar-refractivity contribution is 7.13. The standard InChI is InChI=1S/C11H8N4O3S/c1-6-5-7(15-18-6)9(16)12-11-14-13-10(17-11)8-3-2-4-19-8/h2-5H,1H3,(H,12,14,16). The molecule has 3 heterocycles. The van der Waals surface area contributed by atoms with E-state index in [1.807, 2.05) is 17.5 Å². The molecule has 0 aliphatic rings. The summed E-state index contributed by atoms with van der Waals surface area (Å²) in [5.74, 6) is 0.454. The van der Waals surface area contributed by atoms with Crippen molar-refractivity contribution in [1.29, 1.82) is 0 Å². The summed E-state index contributed by atoms with van der Waals surface area (Å²) in [4.78, 5) is 12.6. The first kappa shape index (κ1) is 11.6. The minimum atomic E-state index is -0.460. The summed E-state index contributed by atoms with van der Waals surface area (Å²) in [5, 5.41) is 15.5. The molecule has 0 unspecified atom stereocenters. The van der Waals surface area contributed by atoms with Gasteiger partial charge in [0.15, 0.2) is 5.69 Å². The Labute approximate surface area is 111 Å². The largest absolute Gasteiger partial charge is 0.402 e. The quantitative estimate of drug-likeness (QED) is 0.789. The molecule has 8 heteroatoms. The van der Waals surface area contributed by atoms with Gasteiger partial charge in [0, 0.05) is 6.07 Å². The first-order valence-electron chi connectivity index (χ1n) is 5.34. The van der Waals surface area contributed by atoms with Crippen LogP contribution in [0.5, 0.6) is 0 Å².